The third kappa shape index (κ3) is 4.10. The molecule has 0 saturated carbocycles. The lowest BCUT2D eigenvalue weighted by atomic mass is 10.1. The Balaban J connectivity index is 0.00000128. The molecular weight excluding hydrogens is 561 g/mol. The van der Waals surface area contributed by atoms with Gasteiger partial charge >= 0.3 is 0 Å². The van der Waals surface area contributed by atoms with Gasteiger partial charge in [-0.2, -0.15) is 0 Å². The molecule has 2 aromatic heterocycles. The van der Waals surface area contributed by atoms with Crippen molar-refractivity contribution in [3.05, 3.63) is 63.3 Å². The van der Waals surface area contributed by atoms with Crippen molar-refractivity contribution in [1.29, 1.82) is 0 Å². The zero-order valence-corrected chi connectivity index (χ0v) is 20.1. The molecule has 3 aromatic rings. The lowest BCUT2D eigenvalue weighted by Crippen LogP contribution is -2.30. The van der Waals surface area contributed by atoms with Crippen molar-refractivity contribution < 1.29 is 9.18 Å². The summed E-state index contributed by atoms with van der Waals surface area (Å²) in [6, 6.07) is 8.72. The molecule has 2 N–H and O–H groups in total. The number of pyridine rings is 1. The van der Waals surface area contributed by atoms with Crippen LogP contribution in [0.3, 0.4) is 0 Å². The topological polar surface area (TPSA) is 57.3 Å². The molecule has 10 heteroatoms. The van der Waals surface area contributed by atoms with E-state index in [4.69, 9.17) is 0 Å². The molecule has 1 unspecified atom stereocenters. The molecule has 0 spiro atoms. The molecule has 1 saturated heterocycles. The number of likely N-dealkylation sites (tertiary alicyclic amines) is 1. The Morgan fingerprint density at radius 1 is 1.33 bits per heavy atom. The number of anilines is 2. The van der Waals surface area contributed by atoms with Gasteiger partial charge in [0.25, 0.3) is 5.91 Å². The van der Waals surface area contributed by atoms with Crippen LogP contribution in [0.2, 0.25) is 0 Å². The highest BCUT2D eigenvalue weighted by Gasteiger charge is 2.35. The van der Waals surface area contributed by atoms with E-state index in [1.807, 2.05) is 29.3 Å². The second-order valence-corrected chi connectivity index (χ2v) is 9.17. The van der Waals surface area contributed by atoms with E-state index >= 15 is 0 Å². The van der Waals surface area contributed by atoms with Gasteiger partial charge in [-0.25, -0.2) is 9.37 Å². The third-order valence-electron chi connectivity index (χ3n) is 5.14. The van der Waals surface area contributed by atoms with Crippen LogP contribution in [-0.2, 0) is 0 Å². The minimum absolute atomic E-state index is 0. The average Bonchev–Trinajstić information content (AvgIpc) is 3.36. The van der Waals surface area contributed by atoms with E-state index in [1.54, 1.807) is 12.3 Å². The Kier molecular flexibility index (Phi) is 7.11. The summed E-state index contributed by atoms with van der Waals surface area (Å²) in [7, 11) is 0. The maximum atomic E-state index is 14.4. The van der Waals surface area contributed by atoms with Crippen molar-refractivity contribution in [3.8, 4) is 0 Å². The minimum atomic E-state index is -0.345. The molecule has 1 atom stereocenters. The van der Waals surface area contributed by atoms with Crippen LogP contribution in [0.25, 0.3) is 10.2 Å². The summed E-state index contributed by atoms with van der Waals surface area (Å²) in [5.74, 6) is 0.00245. The normalized spacial score (nSPS) is 16.9. The number of thiophene rings is 1. The van der Waals surface area contributed by atoms with Gasteiger partial charge < -0.3 is 15.5 Å². The first-order valence-electron chi connectivity index (χ1n) is 8.91. The van der Waals surface area contributed by atoms with E-state index in [0.717, 1.165) is 20.3 Å². The standard InChI is InChI=1S/C20H16FIN4OS.2ClH/c21-15-6-13(22)3-4-16(15)25-19-17(14-2-1-5-24-18(14)28-19)20(27)26-9-11-7-23-8-12(11)10-26;;/h1-7,12,23,25H,8-10H2;2*1H. The minimum Gasteiger partial charge on any atom is -0.390 e. The Morgan fingerprint density at radius 2 is 2.17 bits per heavy atom. The van der Waals surface area contributed by atoms with Gasteiger partial charge in [-0.15, -0.1) is 24.8 Å². The Bertz CT molecular complexity index is 1140. The largest absolute Gasteiger partial charge is 0.390 e. The van der Waals surface area contributed by atoms with Gasteiger partial charge in [0.1, 0.15) is 15.6 Å². The van der Waals surface area contributed by atoms with Crippen LogP contribution in [0.5, 0.6) is 0 Å². The van der Waals surface area contributed by atoms with E-state index in [1.165, 1.54) is 23.0 Å². The summed E-state index contributed by atoms with van der Waals surface area (Å²) in [5.41, 5.74) is 2.19. The van der Waals surface area contributed by atoms with Crippen LogP contribution in [0.4, 0.5) is 15.1 Å². The average molecular weight is 579 g/mol. The SMILES string of the molecule is Cl.Cl.O=C(c1c(Nc2ccc(I)cc2F)sc2ncccc12)N1CC2=CNCC2C1. The predicted molar refractivity (Wildman–Crippen MR) is 132 cm³/mol. The summed E-state index contributed by atoms with van der Waals surface area (Å²) in [6.45, 7) is 2.21. The zero-order valence-electron chi connectivity index (χ0n) is 15.5. The summed E-state index contributed by atoms with van der Waals surface area (Å²) >= 11 is 3.45. The number of hydrogen-bond acceptors (Lipinski definition) is 5. The van der Waals surface area contributed by atoms with Crippen molar-refractivity contribution >= 4 is 85.6 Å². The number of amides is 1. The quantitative estimate of drug-likeness (QED) is 0.420. The molecule has 5 rings (SSSR count). The lowest BCUT2D eigenvalue weighted by molar-refractivity contribution is 0.0792. The molecule has 0 bridgehead atoms. The highest BCUT2D eigenvalue weighted by atomic mass is 127. The molecule has 1 amide bonds. The van der Waals surface area contributed by atoms with Crippen LogP contribution in [0, 0.1) is 15.3 Å². The molecular formula is C20H18Cl2FIN4OS. The molecule has 158 valence electrons. The number of carbonyl (C=O) groups excluding carboxylic acids is 1. The smallest absolute Gasteiger partial charge is 0.257 e. The maximum Gasteiger partial charge on any atom is 0.257 e. The van der Waals surface area contributed by atoms with Crippen molar-refractivity contribution in [3.63, 3.8) is 0 Å². The second kappa shape index (κ2) is 9.25. The Labute approximate surface area is 203 Å². The molecule has 30 heavy (non-hydrogen) atoms. The summed E-state index contributed by atoms with van der Waals surface area (Å²) in [5, 5.41) is 7.81. The van der Waals surface area contributed by atoms with Gasteiger partial charge in [0.2, 0.25) is 0 Å². The van der Waals surface area contributed by atoms with Crippen molar-refractivity contribution in [2.24, 2.45) is 5.92 Å². The lowest BCUT2D eigenvalue weighted by Gasteiger charge is -2.18. The molecule has 0 radical (unpaired) electrons. The number of hydrogen-bond donors (Lipinski definition) is 2. The molecule has 0 aliphatic carbocycles. The fourth-order valence-electron chi connectivity index (χ4n) is 3.75. The molecule has 4 heterocycles. The number of carbonyl (C=O) groups is 1. The van der Waals surface area contributed by atoms with E-state index in [9.17, 15) is 9.18 Å². The van der Waals surface area contributed by atoms with Crippen LogP contribution in [-0.4, -0.2) is 35.4 Å². The van der Waals surface area contributed by atoms with E-state index in [0.29, 0.717) is 35.3 Å². The highest BCUT2D eigenvalue weighted by molar-refractivity contribution is 14.1. The molecule has 5 nitrogen and oxygen atoms in total. The highest BCUT2D eigenvalue weighted by Crippen LogP contribution is 2.39. The number of aromatic nitrogens is 1. The monoisotopic (exact) mass is 578 g/mol. The van der Waals surface area contributed by atoms with E-state index < -0.39 is 0 Å². The third-order valence-corrected chi connectivity index (χ3v) is 6.84. The number of nitrogens with one attached hydrogen (secondary N) is 2. The summed E-state index contributed by atoms with van der Waals surface area (Å²) in [4.78, 5) is 20.5. The van der Waals surface area contributed by atoms with E-state index in [2.05, 4.69) is 38.2 Å². The first kappa shape index (κ1) is 23.1. The number of halogens is 4. The van der Waals surface area contributed by atoms with Crippen LogP contribution >= 0.6 is 58.7 Å². The van der Waals surface area contributed by atoms with Crippen molar-refractivity contribution in [1.82, 2.24) is 15.2 Å². The molecule has 1 fully saturated rings. The molecule has 1 aromatic carbocycles. The van der Waals surface area contributed by atoms with Crippen LogP contribution in [0.1, 0.15) is 10.4 Å². The number of nitrogens with zero attached hydrogens (tertiary/aromatic N) is 2. The van der Waals surface area contributed by atoms with Crippen LogP contribution < -0.4 is 10.6 Å². The van der Waals surface area contributed by atoms with Gasteiger partial charge in [-0.1, -0.05) is 11.3 Å². The zero-order chi connectivity index (χ0) is 19.3. The fraction of sp³-hybridized carbons (Fsp3) is 0.200. The predicted octanol–water partition coefficient (Wildman–Crippen LogP) is 5.19. The van der Waals surface area contributed by atoms with Gasteiger partial charge in [0.05, 0.1) is 11.3 Å². The molecule has 2 aliphatic heterocycles. The maximum absolute atomic E-state index is 14.4. The first-order valence-corrected chi connectivity index (χ1v) is 10.8. The summed E-state index contributed by atoms with van der Waals surface area (Å²) < 4.78 is 15.2. The van der Waals surface area contributed by atoms with Crippen molar-refractivity contribution in [2.45, 2.75) is 0 Å². The molecule has 2 aliphatic rings. The summed E-state index contributed by atoms with van der Waals surface area (Å²) in [6.07, 6.45) is 3.73. The van der Waals surface area contributed by atoms with Gasteiger partial charge in [-0.3, -0.25) is 4.79 Å². The van der Waals surface area contributed by atoms with E-state index in [-0.39, 0.29) is 36.5 Å². The number of rotatable bonds is 3. The van der Waals surface area contributed by atoms with Gasteiger partial charge in [0, 0.05) is 40.7 Å². The van der Waals surface area contributed by atoms with Gasteiger partial charge in [0.15, 0.2) is 0 Å². The Hall–Kier alpha value is -1.62. The fourth-order valence-corrected chi connectivity index (χ4v) is 5.25. The number of fused-ring (bicyclic) bond motifs is 2. The van der Waals surface area contributed by atoms with Crippen molar-refractivity contribution in [2.75, 3.05) is 25.0 Å². The Morgan fingerprint density at radius 3 is 2.93 bits per heavy atom. The number of benzene rings is 1. The second-order valence-electron chi connectivity index (χ2n) is 6.92. The van der Waals surface area contributed by atoms with Gasteiger partial charge in [-0.05, 0) is 64.7 Å². The first-order chi connectivity index (χ1) is 13.6. The van der Waals surface area contributed by atoms with Crippen LogP contribution in [0.15, 0.2) is 48.3 Å².